The first kappa shape index (κ1) is 26.6. The number of anilines is 1. The minimum absolute atomic E-state index is 0.0431. The van der Waals surface area contributed by atoms with Crippen LogP contribution in [0.5, 0.6) is 11.5 Å². The van der Waals surface area contributed by atoms with Gasteiger partial charge in [-0.15, -0.1) is 0 Å². The molecule has 204 valence electrons. The SMILES string of the molecule is COc1cccc(C(O)=C2C(=O)C(=O)N(c3nc4ccc(Cl)cc4s3)C2c2ccc(OCc3ccccc3)cc2)c1. The molecular formula is C32H23ClN2O5S. The summed E-state index contributed by atoms with van der Waals surface area (Å²) < 4.78 is 12.0. The maximum Gasteiger partial charge on any atom is 0.301 e. The van der Waals surface area contributed by atoms with Crippen molar-refractivity contribution in [1.82, 2.24) is 4.98 Å². The molecule has 0 aliphatic carbocycles. The number of benzene rings is 4. The van der Waals surface area contributed by atoms with Crippen LogP contribution in [0.3, 0.4) is 0 Å². The lowest BCUT2D eigenvalue weighted by Crippen LogP contribution is -2.29. The van der Waals surface area contributed by atoms with Crippen LogP contribution < -0.4 is 14.4 Å². The van der Waals surface area contributed by atoms with Gasteiger partial charge in [-0.1, -0.05) is 77.5 Å². The standard InChI is InChI=1S/C32H23ClN2O5S/c1-39-24-9-5-8-21(16-24)29(36)27-28(20-10-13-23(14-11-20)40-18-19-6-3-2-4-7-19)35(31(38)30(27)37)32-34-25-15-12-22(33)17-26(25)41-32/h2-17,28,36H,18H2,1H3. The number of halogens is 1. The van der Waals surface area contributed by atoms with Crippen LogP contribution in [0.15, 0.2) is 103 Å². The van der Waals surface area contributed by atoms with Crippen molar-refractivity contribution in [3.63, 3.8) is 0 Å². The molecule has 5 aromatic rings. The van der Waals surface area contributed by atoms with Gasteiger partial charge in [-0.3, -0.25) is 14.5 Å². The van der Waals surface area contributed by atoms with Gasteiger partial charge in [-0.25, -0.2) is 4.98 Å². The summed E-state index contributed by atoms with van der Waals surface area (Å²) in [7, 11) is 1.51. The number of Topliss-reactive ketones (excluding diaryl/α,β-unsaturated/α-hetero) is 1. The number of carbonyl (C=O) groups is 2. The van der Waals surface area contributed by atoms with Crippen LogP contribution in [-0.2, 0) is 16.2 Å². The quantitative estimate of drug-likeness (QED) is 0.124. The molecule has 0 bridgehead atoms. The van der Waals surface area contributed by atoms with Crippen LogP contribution in [-0.4, -0.2) is 28.9 Å². The van der Waals surface area contributed by atoms with E-state index in [1.807, 2.05) is 30.3 Å². The average molecular weight is 583 g/mol. The first-order valence-corrected chi connectivity index (χ1v) is 13.9. The molecular weight excluding hydrogens is 560 g/mol. The van der Waals surface area contributed by atoms with E-state index in [1.165, 1.54) is 23.3 Å². The number of methoxy groups -OCH3 is 1. The zero-order chi connectivity index (χ0) is 28.5. The summed E-state index contributed by atoms with van der Waals surface area (Å²) in [6.07, 6.45) is 0. The number of hydrogen-bond acceptors (Lipinski definition) is 7. The van der Waals surface area contributed by atoms with Crippen LogP contribution in [0, 0.1) is 0 Å². The van der Waals surface area contributed by atoms with Crippen molar-refractivity contribution in [2.24, 2.45) is 0 Å². The highest BCUT2D eigenvalue weighted by Gasteiger charge is 2.48. The van der Waals surface area contributed by atoms with E-state index in [9.17, 15) is 14.7 Å². The van der Waals surface area contributed by atoms with Gasteiger partial charge in [-0.2, -0.15) is 0 Å². The van der Waals surface area contributed by atoms with E-state index in [0.29, 0.717) is 44.9 Å². The van der Waals surface area contributed by atoms with Crippen LogP contribution in [0.4, 0.5) is 5.13 Å². The first-order valence-electron chi connectivity index (χ1n) is 12.7. The highest BCUT2D eigenvalue weighted by atomic mass is 35.5. The van der Waals surface area contributed by atoms with E-state index in [1.54, 1.807) is 66.7 Å². The molecule has 2 heterocycles. The number of ether oxygens (including phenoxy) is 2. The third-order valence-corrected chi connectivity index (χ3v) is 8.03. The zero-order valence-corrected chi connectivity index (χ0v) is 23.4. The van der Waals surface area contributed by atoms with Gasteiger partial charge in [0.1, 0.15) is 23.9 Å². The van der Waals surface area contributed by atoms with Gasteiger partial charge in [0.15, 0.2) is 5.13 Å². The van der Waals surface area contributed by atoms with Crippen LogP contribution >= 0.6 is 22.9 Å². The van der Waals surface area contributed by atoms with E-state index in [4.69, 9.17) is 21.1 Å². The van der Waals surface area contributed by atoms with Gasteiger partial charge in [0.25, 0.3) is 5.78 Å². The molecule has 1 amide bonds. The first-order chi connectivity index (χ1) is 19.9. The van der Waals surface area contributed by atoms with E-state index in [-0.39, 0.29) is 11.3 Å². The number of aliphatic hydroxyl groups is 1. The fraction of sp³-hybridized carbons (Fsp3) is 0.0938. The van der Waals surface area contributed by atoms with Gasteiger partial charge in [0.2, 0.25) is 0 Å². The number of ketones is 1. The van der Waals surface area contributed by atoms with Crippen LogP contribution in [0.25, 0.3) is 16.0 Å². The maximum atomic E-state index is 13.6. The van der Waals surface area contributed by atoms with Crippen molar-refractivity contribution in [3.8, 4) is 11.5 Å². The Kier molecular flexibility index (Phi) is 7.17. The van der Waals surface area contributed by atoms with E-state index in [0.717, 1.165) is 10.3 Å². The highest BCUT2D eigenvalue weighted by Crippen LogP contribution is 2.45. The second kappa shape index (κ2) is 11.1. The maximum absolute atomic E-state index is 13.6. The molecule has 1 N–H and O–H groups in total. The third kappa shape index (κ3) is 5.15. The van der Waals surface area contributed by atoms with E-state index >= 15 is 0 Å². The summed E-state index contributed by atoms with van der Waals surface area (Å²) in [6.45, 7) is 0.392. The van der Waals surface area contributed by atoms with E-state index in [2.05, 4.69) is 4.98 Å². The normalized spacial score (nSPS) is 16.3. The molecule has 1 aliphatic heterocycles. The second-order valence-electron chi connectivity index (χ2n) is 9.35. The number of rotatable bonds is 7. The van der Waals surface area contributed by atoms with Gasteiger partial charge in [-0.05, 0) is 53.6 Å². The predicted molar refractivity (Wildman–Crippen MR) is 160 cm³/mol. The van der Waals surface area contributed by atoms with Crippen molar-refractivity contribution < 1.29 is 24.2 Å². The molecule has 1 aliphatic rings. The molecule has 6 rings (SSSR count). The Morgan fingerprint density at radius 1 is 0.951 bits per heavy atom. The molecule has 1 saturated heterocycles. The topological polar surface area (TPSA) is 89.0 Å². The second-order valence-corrected chi connectivity index (χ2v) is 10.8. The summed E-state index contributed by atoms with van der Waals surface area (Å²) in [5.74, 6) is -0.769. The fourth-order valence-electron chi connectivity index (χ4n) is 4.75. The Morgan fingerprint density at radius 2 is 1.73 bits per heavy atom. The molecule has 7 nitrogen and oxygen atoms in total. The van der Waals surface area contributed by atoms with Crippen molar-refractivity contribution in [1.29, 1.82) is 0 Å². The van der Waals surface area contributed by atoms with Crippen LogP contribution in [0.2, 0.25) is 5.02 Å². The number of fused-ring (bicyclic) bond motifs is 1. The van der Waals surface area contributed by atoms with Gasteiger partial charge in [0.05, 0.1) is 28.9 Å². The Balaban J connectivity index is 1.44. The predicted octanol–water partition coefficient (Wildman–Crippen LogP) is 7.16. The summed E-state index contributed by atoms with van der Waals surface area (Å²) in [5, 5.41) is 12.3. The highest BCUT2D eigenvalue weighted by molar-refractivity contribution is 7.22. The molecule has 1 aromatic heterocycles. The lowest BCUT2D eigenvalue weighted by atomic mass is 9.95. The van der Waals surface area contributed by atoms with E-state index < -0.39 is 17.7 Å². The molecule has 0 radical (unpaired) electrons. The Morgan fingerprint density at radius 3 is 2.49 bits per heavy atom. The minimum atomic E-state index is -0.930. The van der Waals surface area contributed by atoms with Crippen molar-refractivity contribution >= 4 is 55.7 Å². The lowest BCUT2D eigenvalue weighted by Gasteiger charge is -2.23. The molecule has 4 aromatic carbocycles. The molecule has 9 heteroatoms. The van der Waals surface area contributed by atoms with Crippen molar-refractivity contribution in [2.45, 2.75) is 12.6 Å². The summed E-state index contributed by atoms with van der Waals surface area (Å²) in [4.78, 5) is 33.1. The van der Waals surface area contributed by atoms with Gasteiger partial charge in [0, 0.05) is 10.6 Å². The van der Waals surface area contributed by atoms with Crippen molar-refractivity contribution in [2.75, 3.05) is 12.0 Å². The lowest BCUT2D eigenvalue weighted by molar-refractivity contribution is -0.132. The fourth-order valence-corrected chi connectivity index (χ4v) is 6.02. The largest absolute Gasteiger partial charge is 0.507 e. The zero-order valence-electron chi connectivity index (χ0n) is 21.8. The molecule has 1 fully saturated rings. The number of amides is 1. The molecule has 0 saturated carbocycles. The van der Waals surface area contributed by atoms with Gasteiger partial charge >= 0.3 is 5.91 Å². The number of hydrogen-bond donors (Lipinski definition) is 1. The average Bonchev–Trinajstić information content (AvgIpc) is 3.53. The third-order valence-electron chi connectivity index (χ3n) is 6.78. The molecule has 0 spiro atoms. The summed E-state index contributed by atoms with van der Waals surface area (Å²) in [6, 6.07) is 27.9. The van der Waals surface area contributed by atoms with Gasteiger partial charge < -0.3 is 14.6 Å². The monoisotopic (exact) mass is 582 g/mol. The Labute approximate surface area is 244 Å². The summed E-state index contributed by atoms with van der Waals surface area (Å²) >= 11 is 7.43. The molecule has 41 heavy (non-hydrogen) atoms. The molecule has 1 atom stereocenters. The molecule has 1 unspecified atom stereocenters. The number of nitrogens with zero attached hydrogens (tertiary/aromatic N) is 2. The number of thiazole rings is 1. The Bertz CT molecular complexity index is 1800. The van der Waals surface area contributed by atoms with Crippen molar-refractivity contribution in [3.05, 3.63) is 124 Å². The number of carbonyl (C=O) groups excluding carboxylic acids is 2. The Hall–Kier alpha value is -4.66. The number of aromatic nitrogens is 1. The van der Waals surface area contributed by atoms with Crippen LogP contribution in [0.1, 0.15) is 22.7 Å². The number of aliphatic hydroxyl groups excluding tert-OH is 1. The minimum Gasteiger partial charge on any atom is -0.507 e. The summed E-state index contributed by atoms with van der Waals surface area (Å²) in [5.41, 5.74) is 2.59. The smallest absolute Gasteiger partial charge is 0.301 e.